The van der Waals surface area contributed by atoms with E-state index < -0.39 is 0 Å². The van der Waals surface area contributed by atoms with Crippen LogP contribution in [0.1, 0.15) is 24.8 Å². The minimum absolute atomic E-state index is 0.199. The van der Waals surface area contributed by atoms with E-state index in [0.717, 1.165) is 51.0 Å². The zero-order valence-electron chi connectivity index (χ0n) is 13.1. The van der Waals surface area contributed by atoms with Crippen molar-refractivity contribution < 1.29 is 9.18 Å². The van der Waals surface area contributed by atoms with Crippen molar-refractivity contribution >= 4 is 12.0 Å². The molecule has 3 rings (SSSR count). The molecule has 2 aliphatic heterocycles. The van der Waals surface area contributed by atoms with Crippen LogP contribution >= 0.6 is 0 Å². The normalized spacial score (nSPS) is 22.1. The van der Waals surface area contributed by atoms with E-state index in [1.54, 1.807) is 12.1 Å². The summed E-state index contributed by atoms with van der Waals surface area (Å²) >= 11 is 0. The van der Waals surface area contributed by atoms with Gasteiger partial charge in [0.2, 0.25) is 5.91 Å². The lowest BCUT2D eigenvalue weighted by Crippen LogP contribution is -2.41. The fourth-order valence-corrected chi connectivity index (χ4v) is 3.56. The maximum Gasteiger partial charge on any atom is 0.222 e. The number of hydrogen-bond donors (Lipinski definition) is 0. The van der Waals surface area contributed by atoms with E-state index in [9.17, 15) is 9.18 Å². The van der Waals surface area contributed by atoms with Crippen LogP contribution in [0.2, 0.25) is 0 Å². The summed E-state index contributed by atoms with van der Waals surface area (Å²) in [5.74, 6) is 0.0965. The van der Waals surface area contributed by atoms with Crippen molar-refractivity contribution in [2.75, 3.05) is 33.2 Å². The average molecular weight is 302 g/mol. The highest BCUT2D eigenvalue weighted by molar-refractivity contribution is 5.79. The first-order chi connectivity index (χ1) is 10.6. The zero-order valence-corrected chi connectivity index (χ0v) is 13.1. The summed E-state index contributed by atoms with van der Waals surface area (Å²) in [5.41, 5.74) is 1.25. The molecule has 2 heterocycles. The highest BCUT2D eigenvalue weighted by Gasteiger charge is 2.43. The largest absolute Gasteiger partial charge is 0.345 e. The molecule has 0 atom stereocenters. The quantitative estimate of drug-likeness (QED) is 0.857. The van der Waals surface area contributed by atoms with Gasteiger partial charge in [0.1, 0.15) is 5.82 Å². The van der Waals surface area contributed by atoms with Gasteiger partial charge in [-0.25, -0.2) is 4.39 Å². The van der Waals surface area contributed by atoms with Gasteiger partial charge in [-0.2, -0.15) is 0 Å². The summed E-state index contributed by atoms with van der Waals surface area (Å²) in [6, 6.07) is 6.55. The first-order valence-corrected chi connectivity index (χ1v) is 7.95. The topological polar surface area (TPSA) is 23.6 Å². The van der Waals surface area contributed by atoms with Crippen LogP contribution in [-0.4, -0.2) is 48.9 Å². The minimum atomic E-state index is -0.199. The molecule has 2 saturated heterocycles. The van der Waals surface area contributed by atoms with Gasteiger partial charge in [0.25, 0.3) is 0 Å². The Balaban J connectivity index is 1.48. The maximum absolute atomic E-state index is 12.8. The van der Waals surface area contributed by atoms with Crippen LogP contribution in [0.4, 0.5) is 4.39 Å². The third-order valence-electron chi connectivity index (χ3n) is 4.99. The lowest BCUT2D eigenvalue weighted by Gasteiger charge is -2.38. The number of carbonyl (C=O) groups is 1. The molecular weight excluding hydrogens is 279 g/mol. The van der Waals surface area contributed by atoms with Crippen LogP contribution in [0.25, 0.3) is 6.08 Å². The Hall–Kier alpha value is -1.68. The van der Waals surface area contributed by atoms with Gasteiger partial charge in [0, 0.05) is 26.6 Å². The highest BCUT2D eigenvalue weighted by atomic mass is 19.1. The molecule has 0 N–H and O–H groups in total. The maximum atomic E-state index is 12.8. The SMILES string of the molecule is CN1CC2(CCN(C/C=C/c3ccc(F)cc3)CC2)CC1=O. The highest BCUT2D eigenvalue weighted by Crippen LogP contribution is 2.40. The fourth-order valence-electron chi connectivity index (χ4n) is 3.56. The third kappa shape index (κ3) is 3.38. The molecule has 118 valence electrons. The molecule has 0 saturated carbocycles. The Labute approximate surface area is 131 Å². The molecular formula is C18H23FN2O. The van der Waals surface area contributed by atoms with Crippen LogP contribution in [0.3, 0.4) is 0 Å². The standard InChI is InChI=1S/C18H23FN2O/c1-20-14-18(13-17(20)22)8-11-21(12-9-18)10-2-3-15-4-6-16(19)7-5-15/h2-7H,8-14H2,1H3/b3-2+. The van der Waals surface area contributed by atoms with E-state index in [-0.39, 0.29) is 11.2 Å². The second-order valence-corrected chi connectivity index (χ2v) is 6.68. The predicted octanol–water partition coefficient (Wildman–Crippen LogP) is 2.78. The van der Waals surface area contributed by atoms with Crippen LogP contribution in [-0.2, 0) is 4.79 Å². The lowest BCUT2D eigenvalue weighted by atomic mass is 9.77. The molecule has 1 spiro atoms. The molecule has 0 bridgehead atoms. The number of amides is 1. The Morgan fingerprint density at radius 2 is 1.91 bits per heavy atom. The van der Waals surface area contributed by atoms with Gasteiger partial charge in [-0.05, 0) is 49.0 Å². The van der Waals surface area contributed by atoms with Crippen LogP contribution in [0.5, 0.6) is 0 Å². The summed E-state index contributed by atoms with van der Waals surface area (Å²) in [6.07, 6.45) is 7.11. The molecule has 0 unspecified atom stereocenters. The van der Waals surface area contributed by atoms with Gasteiger partial charge in [0.15, 0.2) is 0 Å². The lowest BCUT2D eigenvalue weighted by molar-refractivity contribution is -0.126. The molecule has 0 aliphatic carbocycles. The predicted molar refractivity (Wildman–Crippen MR) is 85.8 cm³/mol. The smallest absolute Gasteiger partial charge is 0.222 e. The molecule has 2 aliphatic rings. The molecule has 1 aromatic rings. The van der Waals surface area contributed by atoms with Crippen molar-refractivity contribution in [3.05, 3.63) is 41.7 Å². The first kappa shape index (κ1) is 15.2. The Bertz CT molecular complexity index is 559. The summed E-state index contributed by atoms with van der Waals surface area (Å²) in [7, 11) is 1.91. The number of rotatable bonds is 3. The summed E-state index contributed by atoms with van der Waals surface area (Å²) in [5, 5.41) is 0. The van der Waals surface area contributed by atoms with E-state index in [0.29, 0.717) is 5.91 Å². The molecule has 3 nitrogen and oxygen atoms in total. The van der Waals surface area contributed by atoms with Crippen molar-refractivity contribution in [2.24, 2.45) is 5.41 Å². The van der Waals surface area contributed by atoms with Crippen LogP contribution < -0.4 is 0 Å². The molecule has 0 aromatic heterocycles. The molecule has 0 radical (unpaired) electrons. The molecule has 2 fully saturated rings. The fraction of sp³-hybridized carbons (Fsp3) is 0.500. The van der Waals surface area contributed by atoms with Crippen molar-refractivity contribution in [3.8, 4) is 0 Å². The minimum Gasteiger partial charge on any atom is -0.345 e. The van der Waals surface area contributed by atoms with E-state index in [1.807, 2.05) is 18.0 Å². The number of hydrogen-bond acceptors (Lipinski definition) is 2. The van der Waals surface area contributed by atoms with Gasteiger partial charge in [-0.1, -0.05) is 24.3 Å². The summed E-state index contributed by atoms with van der Waals surface area (Å²) < 4.78 is 12.8. The molecule has 4 heteroatoms. The third-order valence-corrected chi connectivity index (χ3v) is 4.99. The monoisotopic (exact) mass is 302 g/mol. The van der Waals surface area contributed by atoms with Gasteiger partial charge < -0.3 is 4.90 Å². The second-order valence-electron chi connectivity index (χ2n) is 6.68. The summed E-state index contributed by atoms with van der Waals surface area (Å²) in [6.45, 7) is 3.94. The first-order valence-electron chi connectivity index (χ1n) is 7.95. The number of piperidine rings is 1. The summed E-state index contributed by atoms with van der Waals surface area (Å²) in [4.78, 5) is 16.1. The van der Waals surface area contributed by atoms with Crippen molar-refractivity contribution in [1.82, 2.24) is 9.80 Å². The van der Waals surface area contributed by atoms with Crippen molar-refractivity contribution in [1.29, 1.82) is 0 Å². The number of benzene rings is 1. The number of halogens is 1. The number of likely N-dealkylation sites (tertiary alicyclic amines) is 2. The van der Waals surface area contributed by atoms with Crippen LogP contribution in [0.15, 0.2) is 30.3 Å². The zero-order chi connectivity index (χ0) is 15.6. The van der Waals surface area contributed by atoms with E-state index >= 15 is 0 Å². The van der Waals surface area contributed by atoms with E-state index in [2.05, 4.69) is 11.0 Å². The second kappa shape index (κ2) is 6.21. The molecule has 22 heavy (non-hydrogen) atoms. The molecule has 1 aromatic carbocycles. The van der Waals surface area contributed by atoms with Crippen LogP contribution in [0, 0.1) is 11.2 Å². The van der Waals surface area contributed by atoms with Gasteiger partial charge in [-0.15, -0.1) is 0 Å². The Morgan fingerprint density at radius 3 is 2.50 bits per heavy atom. The number of carbonyl (C=O) groups excluding carboxylic acids is 1. The Kier molecular flexibility index (Phi) is 4.30. The van der Waals surface area contributed by atoms with Gasteiger partial charge in [-0.3, -0.25) is 9.69 Å². The molecule has 1 amide bonds. The number of nitrogens with zero attached hydrogens (tertiary/aromatic N) is 2. The van der Waals surface area contributed by atoms with E-state index in [1.165, 1.54) is 12.1 Å². The van der Waals surface area contributed by atoms with E-state index in [4.69, 9.17) is 0 Å². The van der Waals surface area contributed by atoms with Gasteiger partial charge >= 0.3 is 0 Å². The average Bonchev–Trinajstić information content (AvgIpc) is 2.78. The van der Waals surface area contributed by atoms with Gasteiger partial charge in [0.05, 0.1) is 0 Å². The van der Waals surface area contributed by atoms with Crippen molar-refractivity contribution in [2.45, 2.75) is 19.3 Å². The van der Waals surface area contributed by atoms with Crippen molar-refractivity contribution in [3.63, 3.8) is 0 Å². The Morgan fingerprint density at radius 1 is 1.23 bits per heavy atom.